The SMILES string of the molecule is COc1cc(NC(=O)CSc2nccn2-c2cccc(C)c2)cc(OC)c1OC. The highest BCUT2D eigenvalue weighted by Gasteiger charge is 2.15. The van der Waals surface area contributed by atoms with Gasteiger partial charge in [0.1, 0.15) is 0 Å². The number of methoxy groups -OCH3 is 3. The summed E-state index contributed by atoms with van der Waals surface area (Å²) in [4.78, 5) is 16.8. The Bertz CT molecular complexity index is 978. The molecule has 7 nitrogen and oxygen atoms in total. The maximum atomic E-state index is 12.5. The number of nitrogens with one attached hydrogen (secondary N) is 1. The molecule has 152 valence electrons. The van der Waals surface area contributed by atoms with Crippen LogP contribution in [0.15, 0.2) is 53.9 Å². The molecule has 0 aliphatic heterocycles. The smallest absolute Gasteiger partial charge is 0.234 e. The average Bonchev–Trinajstić information content (AvgIpc) is 3.20. The first-order valence-corrected chi connectivity index (χ1v) is 9.87. The lowest BCUT2D eigenvalue weighted by Gasteiger charge is -2.14. The zero-order valence-electron chi connectivity index (χ0n) is 16.8. The molecule has 0 aliphatic rings. The summed E-state index contributed by atoms with van der Waals surface area (Å²) in [5, 5.41) is 3.61. The van der Waals surface area contributed by atoms with Gasteiger partial charge in [-0.25, -0.2) is 4.98 Å². The summed E-state index contributed by atoms with van der Waals surface area (Å²) in [6.07, 6.45) is 3.61. The van der Waals surface area contributed by atoms with Crippen molar-refractivity contribution in [3.63, 3.8) is 0 Å². The zero-order chi connectivity index (χ0) is 20.8. The van der Waals surface area contributed by atoms with Crippen molar-refractivity contribution in [2.24, 2.45) is 0 Å². The molecule has 1 N–H and O–H groups in total. The Morgan fingerprint density at radius 3 is 2.45 bits per heavy atom. The number of amides is 1. The van der Waals surface area contributed by atoms with Crippen LogP contribution in [0.1, 0.15) is 5.56 Å². The van der Waals surface area contributed by atoms with Crippen LogP contribution in [-0.2, 0) is 4.79 Å². The van der Waals surface area contributed by atoms with Crippen molar-refractivity contribution in [3.8, 4) is 22.9 Å². The van der Waals surface area contributed by atoms with Crippen molar-refractivity contribution in [1.29, 1.82) is 0 Å². The van der Waals surface area contributed by atoms with Crippen molar-refractivity contribution in [2.45, 2.75) is 12.1 Å². The fourth-order valence-corrected chi connectivity index (χ4v) is 3.62. The van der Waals surface area contributed by atoms with Gasteiger partial charge >= 0.3 is 0 Å². The standard InChI is InChI=1S/C21H23N3O4S/c1-14-6-5-7-16(10-14)24-9-8-22-21(24)29-13-19(25)23-15-11-17(26-2)20(28-4)18(12-15)27-3/h5-12H,13H2,1-4H3,(H,23,25). The number of anilines is 1. The van der Waals surface area contributed by atoms with Crippen LogP contribution in [0.2, 0.25) is 0 Å². The molecule has 3 rings (SSSR count). The number of hydrogen-bond acceptors (Lipinski definition) is 6. The summed E-state index contributed by atoms with van der Waals surface area (Å²) < 4.78 is 17.9. The lowest BCUT2D eigenvalue weighted by atomic mass is 10.2. The molecule has 3 aromatic rings. The van der Waals surface area contributed by atoms with E-state index in [1.165, 1.54) is 33.1 Å². The summed E-state index contributed by atoms with van der Waals surface area (Å²) in [5.41, 5.74) is 2.73. The third-order valence-electron chi connectivity index (χ3n) is 4.17. The highest BCUT2D eigenvalue weighted by atomic mass is 32.2. The fourth-order valence-electron chi connectivity index (χ4n) is 2.85. The van der Waals surface area contributed by atoms with E-state index in [1.54, 1.807) is 18.3 Å². The third-order valence-corrected chi connectivity index (χ3v) is 5.13. The molecule has 29 heavy (non-hydrogen) atoms. The van der Waals surface area contributed by atoms with Crippen LogP contribution in [-0.4, -0.2) is 42.5 Å². The molecule has 0 radical (unpaired) electrons. The van der Waals surface area contributed by atoms with Gasteiger partial charge in [0.15, 0.2) is 16.7 Å². The largest absolute Gasteiger partial charge is 0.493 e. The second kappa shape index (κ2) is 9.38. The molecule has 1 amide bonds. The van der Waals surface area contributed by atoms with Crippen LogP contribution < -0.4 is 19.5 Å². The van der Waals surface area contributed by atoms with Gasteiger partial charge in [-0.3, -0.25) is 9.36 Å². The number of thioether (sulfide) groups is 1. The van der Waals surface area contributed by atoms with E-state index in [2.05, 4.69) is 16.4 Å². The zero-order valence-corrected chi connectivity index (χ0v) is 17.6. The molecular formula is C21H23N3O4S. The molecule has 0 saturated heterocycles. The number of benzene rings is 2. The summed E-state index contributed by atoms with van der Waals surface area (Å²) in [5.74, 6) is 1.47. The van der Waals surface area contributed by atoms with Gasteiger partial charge in [-0.15, -0.1) is 0 Å². The van der Waals surface area contributed by atoms with Crippen LogP contribution in [0.5, 0.6) is 17.2 Å². The number of aromatic nitrogens is 2. The van der Waals surface area contributed by atoms with Crippen LogP contribution >= 0.6 is 11.8 Å². The molecular weight excluding hydrogens is 390 g/mol. The molecule has 1 aromatic heterocycles. The van der Waals surface area contributed by atoms with Gasteiger partial charge < -0.3 is 19.5 Å². The number of hydrogen-bond donors (Lipinski definition) is 1. The van der Waals surface area contributed by atoms with E-state index in [0.717, 1.165) is 16.4 Å². The van der Waals surface area contributed by atoms with Crippen LogP contribution in [0.25, 0.3) is 5.69 Å². The van der Waals surface area contributed by atoms with Crippen molar-refractivity contribution in [1.82, 2.24) is 9.55 Å². The molecule has 0 bridgehead atoms. The topological polar surface area (TPSA) is 74.6 Å². The molecule has 1 heterocycles. The Labute approximate surface area is 174 Å². The first-order chi connectivity index (χ1) is 14.0. The number of nitrogens with zero attached hydrogens (tertiary/aromatic N) is 2. The summed E-state index contributed by atoms with van der Waals surface area (Å²) >= 11 is 1.36. The van der Waals surface area contributed by atoms with Crippen molar-refractivity contribution < 1.29 is 19.0 Å². The Hall–Kier alpha value is -3.13. The van der Waals surface area contributed by atoms with Crippen molar-refractivity contribution in [2.75, 3.05) is 32.4 Å². The Kier molecular flexibility index (Phi) is 6.66. The number of rotatable bonds is 8. The highest BCUT2D eigenvalue weighted by Crippen LogP contribution is 2.40. The highest BCUT2D eigenvalue weighted by molar-refractivity contribution is 7.99. The molecule has 0 aliphatic carbocycles. The lowest BCUT2D eigenvalue weighted by molar-refractivity contribution is -0.113. The Morgan fingerprint density at radius 1 is 1.10 bits per heavy atom. The summed E-state index contributed by atoms with van der Waals surface area (Å²) in [6, 6.07) is 11.5. The van der Waals surface area contributed by atoms with Crippen LogP contribution in [0, 0.1) is 6.92 Å². The first kappa shape index (κ1) is 20.6. The van der Waals surface area contributed by atoms with E-state index in [-0.39, 0.29) is 11.7 Å². The van der Waals surface area contributed by atoms with Gasteiger partial charge in [0.2, 0.25) is 11.7 Å². The molecule has 0 saturated carbocycles. The number of aryl methyl sites for hydroxylation is 1. The third kappa shape index (κ3) is 4.83. The maximum Gasteiger partial charge on any atom is 0.234 e. The molecule has 8 heteroatoms. The van der Waals surface area contributed by atoms with E-state index in [1.807, 2.05) is 35.9 Å². The van der Waals surface area contributed by atoms with Gasteiger partial charge in [-0.1, -0.05) is 23.9 Å². The van der Waals surface area contributed by atoms with Crippen molar-refractivity contribution in [3.05, 3.63) is 54.4 Å². The average molecular weight is 413 g/mol. The predicted molar refractivity (Wildman–Crippen MR) is 114 cm³/mol. The van der Waals surface area contributed by atoms with E-state index in [4.69, 9.17) is 14.2 Å². The van der Waals surface area contributed by atoms with Crippen LogP contribution in [0.4, 0.5) is 5.69 Å². The molecule has 0 atom stereocenters. The van der Waals surface area contributed by atoms with Gasteiger partial charge in [0, 0.05) is 35.9 Å². The Morgan fingerprint density at radius 2 is 1.83 bits per heavy atom. The molecule has 0 unspecified atom stereocenters. The molecule has 2 aromatic carbocycles. The van der Waals surface area contributed by atoms with E-state index >= 15 is 0 Å². The first-order valence-electron chi connectivity index (χ1n) is 8.88. The molecule has 0 fully saturated rings. The summed E-state index contributed by atoms with van der Waals surface area (Å²) in [7, 11) is 4.60. The monoisotopic (exact) mass is 413 g/mol. The minimum Gasteiger partial charge on any atom is -0.493 e. The maximum absolute atomic E-state index is 12.5. The van der Waals surface area contributed by atoms with E-state index < -0.39 is 0 Å². The molecule has 0 spiro atoms. The number of imidazole rings is 1. The minimum atomic E-state index is -0.164. The predicted octanol–water partition coefficient (Wildman–Crippen LogP) is 3.94. The number of carbonyl (C=O) groups is 1. The Balaban J connectivity index is 1.69. The number of ether oxygens (including phenoxy) is 3. The van der Waals surface area contributed by atoms with Crippen molar-refractivity contribution >= 4 is 23.4 Å². The van der Waals surface area contributed by atoms with Gasteiger partial charge in [0.05, 0.1) is 27.1 Å². The van der Waals surface area contributed by atoms with E-state index in [9.17, 15) is 4.79 Å². The van der Waals surface area contributed by atoms with Gasteiger partial charge in [0.25, 0.3) is 0 Å². The lowest BCUT2D eigenvalue weighted by Crippen LogP contribution is -2.15. The minimum absolute atomic E-state index is 0.164. The van der Waals surface area contributed by atoms with Gasteiger partial charge in [-0.05, 0) is 24.6 Å². The van der Waals surface area contributed by atoms with Crippen LogP contribution in [0.3, 0.4) is 0 Å². The fraction of sp³-hybridized carbons (Fsp3) is 0.238. The van der Waals surface area contributed by atoms with E-state index in [0.29, 0.717) is 22.9 Å². The second-order valence-corrected chi connectivity index (χ2v) is 7.11. The van der Waals surface area contributed by atoms with Gasteiger partial charge in [-0.2, -0.15) is 0 Å². The number of carbonyl (C=O) groups excluding carboxylic acids is 1. The summed E-state index contributed by atoms with van der Waals surface area (Å²) in [6.45, 7) is 2.04. The quantitative estimate of drug-likeness (QED) is 0.564. The normalized spacial score (nSPS) is 10.5. The second-order valence-electron chi connectivity index (χ2n) is 6.17.